The van der Waals surface area contributed by atoms with Crippen LogP contribution in [0.1, 0.15) is 48.7 Å². The standard InChI is InChI=1S/C14H20O2S/c1-9-10(7-8-16-9)13(15)11-5-6-12(17-11)14(2,3)4/h5-6,9-10H,7-8H2,1-4H3. The molecule has 0 aromatic carbocycles. The van der Waals surface area contributed by atoms with Crippen molar-refractivity contribution in [3.8, 4) is 0 Å². The number of carbonyl (C=O) groups is 1. The quantitative estimate of drug-likeness (QED) is 0.751. The number of Topliss-reactive ketones (excluding diaryl/α,β-unsaturated/α-hetero) is 1. The van der Waals surface area contributed by atoms with Gasteiger partial charge in [-0.2, -0.15) is 0 Å². The van der Waals surface area contributed by atoms with Crippen LogP contribution in [0.2, 0.25) is 0 Å². The Labute approximate surface area is 107 Å². The van der Waals surface area contributed by atoms with Crippen LogP contribution in [0, 0.1) is 5.92 Å². The molecule has 1 saturated heterocycles. The summed E-state index contributed by atoms with van der Waals surface area (Å²) in [7, 11) is 0. The van der Waals surface area contributed by atoms with E-state index >= 15 is 0 Å². The predicted molar refractivity (Wildman–Crippen MR) is 70.9 cm³/mol. The summed E-state index contributed by atoms with van der Waals surface area (Å²) in [6.45, 7) is 9.24. The van der Waals surface area contributed by atoms with E-state index in [1.54, 1.807) is 11.3 Å². The van der Waals surface area contributed by atoms with Crippen LogP contribution in [0.15, 0.2) is 12.1 Å². The van der Waals surface area contributed by atoms with Gasteiger partial charge in [-0.1, -0.05) is 20.8 Å². The molecule has 0 spiro atoms. The Morgan fingerprint density at radius 2 is 2.12 bits per heavy atom. The van der Waals surface area contributed by atoms with Crippen molar-refractivity contribution in [1.82, 2.24) is 0 Å². The molecule has 17 heavy (non-hydrogen) atoms. The minimum absolute atomic E-state index is 0.0569. The molecular weight excluding hydrogens is 232 g/mol. The zero-order chi connectivity index (χ0) is 12.6. The fourth-order valence-corrected chi connectivity index (χ4v) is 3.20. The second kappa shape index (κ2) is 4.54. The molecule has 2 atom stereocenters. The summed E-state index contributed by atoms with van der Waals surface area (Å²) in [4.78, 5) is 14.5. The minimum Gasteiger partial charge on any atom is -0.378 e. The third-order valence-corrected chi connectivity index (χ3v) is 4.83. The lowest BCUT2D eigenvalue weighted by molar-refractivity contribution is 0.0768. The van der Waals surface area contributed by atoms with Crippen molar-refractivity contribution in [3.63, 3.8) is 0 Å². The Morgan fingerprint density at radius 3 is 2.59 bits per heavy atom. The lowest BCUT2D eigenvalue weighted by Crippen LogP contribution is -2.20. The Morgan fingerprint density at radius 1 is 1.41 bits per heavy atom. The van der Waals surface area contributed by atoms with E-state index < -0.39 is 0 Å². The van der Waals surface area contributed by atoms with Crippen molar-refractivity contribution in [1.29, 1.82) is 0 Å². The topological polar surface area (TPSA) is 26.3 Å². The first-order chi connectivity index (χ1) is 7.89. The lowest BCUT2D eigenvalue weighted by Gasteiger charge is -2.15. The third-order valence-electron chi connectivity index (χ3n) is 3.30. The molecule has 2 unspecified atom stereocenters. The smallest absolute Gasteiger partial charge is 0.178 e. The summed E-state index contributed by atoms with van der Waals surface area (Å²) in [6, 6.07) is 4.05. The van der Waals surface area contributed by atoms with Gasteiger partial charge in [0, 0.05) is 11.5 Å². The zero-order valence-corrected chi connectivity index (χ0v) is 11.8. The van der Waals surface area contributed by atoms with Crippen molar-refractivity contribution in [2.24, 2.45) is 5.92 Å². The van der Waals surface area contributed by atoms with Crippen molar-refractivity contribution in [2.75, 3.05) is 6.61 Å². The summed E-state index contributed by atoms with van der Waals surface area (Å²) in [5, 5.41) is 0. The molecule has 0 radical (unpaired) electrons. The summed E-state index contributed by atoms with van der Waals surface area (Å²) in [5.41, 5.74) is 0.126. The highest BCUT2D eigenvalue weighted by atomic mass is 32.1. The van der Waals surface area contributed by atoms with Gasteiger partial charge in [0.05, 0.1) is 16.9 Å². The van der Waals surface area contributed by atoms with Crippen LogP contribution in [0.3, 0.4) is 0 Å². The van der Waals surface area contributed by atoms with Crippen molar-refractivity contribution >= 4 is 17.1 Å². The molecule has 94 valence electrons. The van der Waals surface area contributed by atoms with E-state index in [9.17, 15) is 4.79 Å². The first kappa shape index (κ1) is 12.8. The van der Waals surface area contributed by atoms with Crippen LogP contribution < -0.4 is 0 Å². The van der Waals surface area contributed by atoms with E-state index in [1.807, 2.05) is 13.0 Å². The fourth-order valence-electron chi connectivity index (χ4n) is 2.13. The van der Waals surface area contributed by atoms with E-state index in [2.05, 4.69) is 26.8 Å². The Bertz CT molecular complexity index is 414. The van der Waals surface area contributed by atoms with Gasteiger partial charge in [-0.05, 0) is 30.9 Å². The molecule has 2 heterocycles. The summed E-state index contributed by atoms with van der Waals surface area (Å²) < 4.78 is 5.47. The molecule has 2 rings (SSSR count). The van der Waals surface area contributed by atoms with Crippen LogP contribution in [-0.2, 0) is 10.2 Å². The van der Waals surface area contributed by atoms with Crippen LogP contribution >= 0.6 is 11.3 Å². The maximum absolute atomic E-state index is 12.3. The molecule has 0 aliphatic carbocycles. The molecule has 1 fully saturated rings. The summed E-state index contributed by atoms with van der Waals surface area (Å²) in [6.07, 6.45) is 0.936. The highest BCUT2D eigenvalue weighted by Crippen LogP contribution is 2.32. The Hall–Kier alpha value is -0.670. The minimum atomic E-state index is 0.0569. The lowest BCUT2D eigenvalue weighted by atomic mass is 9.94. The summed E-state index contributed by atoms with van der Waals surface area (Å²) in [5.74, 6) is 0.317. The summed E-state index contributed by atoms with van der Waals surface area (Å²) >= 11 is 1.63. The fraction of sp³-hybridized carbons (Fsp3) is 0.643. The molecule has 1 aromatic heterocycles. The zero-order valence-electron chi connectivity index (χ0n) is 10.9. The maximum Gasteiger partial charge on any atom is 0.178 e. The van der Waals surface area contributed by atoms with Gasteiger partial charge in [0.25, 0.3) is 0 Å². The van der Waals surface area contributed by atoms with Crippen LogP contribution in [0.5, 0.6) is 0 Å². The molecule has 3 heteroatoms. The normalized spacial score (nSPS) is 25.2. The largest absolute Gasteiger partial charge is 0.378 e. The van der Waals surface area contributed by atoms with Crippen molar-refractivity contribution in [3.05, 3.63) is 21.9 Å². The van der Waals surface area contributed by atoms with E-state index in [1.165, 1.54) is 4.88 Å². The molecule has 0 bridgehead atoms. The molecule has 0 N–H and O–H groups in total. The highest BCUT2D eigenvalue weighted by molar-refractivity contribution is 7.14. The van der Waals surface area contributed by atoms with Gasteiger partial charge in [-0.15, -0.1) is 11.3 Å². The molecule has 1 aromatic rings. The van der Waals surface area contributed by atoms with Gasteiger partial charge in [0.1, 0.15) is 0 Å². The van der Waals surface area contributed by atoms with Crippen LogP contribution in [0.4, 0.5) is 0 Å². The maximum atomic E-state index is 12.3. The van der Waals surface area contributed by atoms with E-state index in [0.717, 1.165) is 17.9 Å². The second-order valence-corrected chi connectivity index (χ2v) is 6.83. The van der Waals surface area contributed by atoms with Crippen LogP contribution in [-0.4, -0.2) is 18.5 Å². The van der Waals surface area contributed by atoms with E-state index in [-0.39, 0.29) is 23.2 Å². The molecular formula is C14H20O2S. The van der Waals surface area contributed by atoms with Gasteiger partial charge in [-0.3, -0.25) is 4.79 Å². The Balaban J connectivity index is 2.18. The Kier molecular flexibility index (Phi) is 3.41. The number of ether oxygens (including phenoxy) is 1. The number of rotatable bonds is 2. The van der Waals surface area contributed by atoms with Gasteiger partial charge in [-0.25, -0.2) is 0 Å². The van der Waals surface area contributed by atoms with Gasteiger partial charge in [0.15, 0.2) is 5.78 Å². The highest BCUT2D eigenvalue weighted by Gasteiger charge is 2.32. The number of carbonyl (C=O) groups excluding carboxylic acids is 1. The number of thiophene rings is 1. The van der Waals surface area contributed by atoms with Gasteiger partial charge >= 0.3 is 0 Å². The number of hydrogen-bond acceptors (Lipinski definition) is 3. The second-order valence-electron chi connectivity index (χ2n) is 5.75. The predicted octanol–water partition coefficient (Wildman–Crippen LogP) is 3.65. The SMILES string of the molecule is CC1OCCC1C(=O)c1ccc(C(C)(C)C)s1. The monoisotopic (exact) mass is 252 g/mol. The average molecular weight is 252 g/mol. The number of hydrogen-bond donors (Lipinski definition) is 0. The number of ketones is 1. The molecule has 2 nitrogen and oxygen atoms in total. The van der Waals surface area contributed by atoms with E-state index in [4.69, 9.17) is 4.74 Å². The van der Waals surface area contributed by atoms with E-state index in [0.29, 0.717) is 0 Å². The first-order valence-electron chi connectivity index (χ1n) is 6.16. The molecule has 0 amide bonds. The third kappa shape index (κ3) is 2.61. The van der Waals surface area contributed by atoms with Gasteiger partial charge < -0.3 is 4.74 Å². The van der Waals surface area contributed by atoms with Crippen molar-refractivity contribution in [2.45, 2.75) is 45.6 Å². The molecule has 0 saturated carbocycles. The van der Waals surface area contributed by atoms with Crippen molar-refractivity contribution < 1.29 is 9.53 Å². The van der Waals surface area contributed by atoms with Gasteiger partial charge in [0.2, 0.25) is 0 Å². The molecule has 1 aliphatic heterocycles. The first-order valence-corrected chi connectivity index (χ1v) is 6.97. The van der Waals surface area contributed by atoms with Crippen LogP contribution in [0.25, 0.3) is 0 Å². The molecule has 1 aliphatic rings. The average Bonchev–Trinajstić information content (AvgIpc) is 2.83.